The number of pyridine rings is 1. The lowest BCUT2D eigenvalue weighted by Gasteiger charge is -2.08. The van der Waals surface area contributed by atoms with Gasteiger partial charge in [-0.1, -0.05) is 33.8 Å². The molecule has 0 amide bonds. The molecule has 66 valence electrons. The Kier molecular flexibility index (Phi) is 2.85. The van der Waals surface area contributed by atoms with Crippen LogP contribution in [0, 0.1) is 0 Å². The van der Waals surface area contributed by atoms with Crippen LogP contribution in [0.1, 0.15) is 52.3 Å². The van der Waals surface area contributed by atoms with E-state index < -0.39 is 0 Å². The van der Waals surface area contributed by atoms with Crippen LogP contribution in [-0.4, -0.2) is 4.98 Å². The number of hydrogen-bond acceptors (Lipinski definition) is 1. The first kappa shape index (κ1) is 9.24. The first-order valence-electron chi connectivity index (χ1n) is 4.58. The Balaban J connectivity index is 0.00000144. The summed E-state index contributed by atoms with van der Waals surface area (Å²) in [5.41, 5.74) is 2.39. The molecule has 0 N–H and O–H groups in total. The maximum atomic E-state index is 4.57. The lowest BCUT2D eigenvalue weighted by atomic mass is 10.1. The molecule has 12 heavy (non-hydrogen) atoms. The summed E-state index contributed by atoms with van der Waals surface area (Å²) >= 11 is 0. The monoisotopic (exact) mass is 164 g/mol. The van der Waals surface area contributed by atoms with Crippen LogP contribution in [0.2, 0.25) is 0 Å². The van der Waals surface area contributed by atoms with Crippen LogP contribution in [0.5, 0.6) is 0 Å². The van der Waals surface area contributed by atoms with Crippen molar-refractivity contribution < 1.29 is 1.43 Å². The van der Waals surface area contributed by atoms with E-state index in [1.165, 1.54) is 11.4 Å². The molecule has 0 spiro atoms. The van der Waals surface area contributed by atoms with Crippen molar-refractivity contribution in [3.05, 3.63) is 29.6 Å². The van der Waals surface area contributed by atoms with Gasteiger partial charge in [0.25, 0.3) is 0 Å². The van der Waals surface area contributed by atoms with E-state index in [9.17, 15) is 0 Å². The Morgan fingerprint density at radius 3 is 1.75 bits per heavy atom. The van der Waals surface area contributed by atoms with Gasteiger partial charge in [0.05, 0.1) is 0 Å². The van der Waals surface area contributed by atoms with Gasteiger partial charge in [-0.15, -0.1) is 0 Å². The topological polar surface area (TPSA) is 12.9 Å². The van der Waals surface area contributed by atoms with E-state index >= 15 is 0 Å². The lowest BCUT2D eigenvalue weighted by molar-refractivity contribution is 0.765. The largest absolute Gasteiger partial charge is 1.00 e. The highest BCUT2D eigenvalue weighted by Gasteiger charge is 2.03. The summed E-state index contributed by atoms with van der Waals surface area (Å²) in [5.74, 6) is 1.06. The molecule has 0 bridgehead atoms. The molecule has 0 unspecified atom stereocenters. The van der Waals surface area contributed by atoms with Gasteiger partial charge in [0, 0.05) is 11.4 Å². The molecule has 1 rings (SSSR count). The number of rotatable bonds is 2. The molecule has 1 heteroatoms. The highest BCUT2D eigenvalue weighted by molar-refractivity contribution is 5.15. The van der Waals surface area contributed by atoms with Crippen molar-refractivity contribution >= 4 is 0 Å². The van der Waals surface area contributed by atoms with E-state index in [4.69, 9.17) is 0 Å². The zero-order chi connectivity index (χ0) is 9.14. The summed E-state index contributed by atoms with van der Waals surface area (Å²) < 4.78 is 0. The average molecular weight is 164 g/mol. The third-order valence-electron chi connectivity index (χ3n) is 1.98. The van der Waals surface area contributed by atoms with Gasteiger partial charge >= 0.3 is 1.43 Å². The third kappa shape index (κ3) is 2.07. The minimum atomic E-state index is 0. The Morgan fingerprint density at radius 2 is 1.42 bits per heavy atom. The van der Waals surface area contributed by atoms with Crippen LogP contribution in [0.25, 0.3) is 0 Å². The molecular weight excluding hydrogens is 146 g/mol. The standard InChI is InChI=1S/C11H17N/c1-8(2)10-6-5-7-11(12-10)9(3)4/h5-9H,1-4H3/p+1. The van der Waals surface area contributed by atoms with E-state index in [1.807, 2.05) is 0 Å². The fourth-order valence-corrected chi connectivity index (χ4v) is 1.11. The highest BCUT2D eigenvalue weighted by atomic mass is 14.7. The summed E-state index contributed by atoms with van der Waals surface area (Å²) in [4.78, 5) is 4.57. The van der Waals surface area contributed by atoms with Crippen molar-refractivity contribution in [1.29, 1.82) is 0 Å². The predicted molar refractivity (Wildman–Crippen MR) is 53.5 cm³/mol. The van der Waals surface area contributed by atoms with Crippen LogP contribution in [-0.2, 0) is 0 Å². The van der Waals surface area contributed by atoms with Crippen molar-refractivity contribution in [2.24, 2.45) is 0 Å². The van der Waals surface area contributed by atoms with Gasteiger partial charge in [-0.2, -0.15) is 0 Å². The van der Waals surface area contributed by atoms with Crippen molar-refractivity contribution in [2.75, 3.05) is 0 Å². The zero-order valence-corrected chi connectivity index (χ0v) is 8.33. The van der Waals surface area contributed by atoms with Gasteiger partial charge in [-0.25, -0.2) is 0 Å². The first-order valence-corrected chi connectivity index (χ1v) is 4.58. The minimum absolute atomic E-state index is 0. The van der Waals surface area contributed by atoms with E-state index in [2.05, 4.69) is 50.9 Å². The molecule has 0 saturated heterocycles. The minimum Gasteiger partial charge on any atom is -0.257 e. The highest BCUT2D eigenvalue weighted by Crippen LogP contribution is 2.16. The second kappa shape index (κ2) is 3.70. The summed E-state index contributed by atoms with van der Waals surface area (Å²) in [6.45, 7) is 8.69. The average Bonchev–Trinajstić information content (AvgIpc) is 2.04. The molecule has 0 radical (unpaired) electrons. The van der Waals surface area contributed by atoms with Gasteiger partial charge < -0.3 is 0 Å². The number of hydrogen-bond donors (Lipinski definition) is 0. The normalized spacial score (nSPS) is 11.2. The molecular formula is C11H18N+. The van der Waals surface area contributed by atoms with Gasteiger partial charge in [0.2, 0.25) is 0 Å². The molecule has 0 atom stereocenters. The maximum Gasteiger partial charge on any atom is 1.00 e. The molecule has 0 saturated carbocycles. The Bertz CT molecular complexity index is 233. The summed E-state index contributed by atoms with van der Waals surface area (Å²) in [5, 5.41) is 0. The van der Waals surface area contributed by atoms with E-state index in [0.29, 0.717) is 11.8 Å². The number of nitrogens with zero attached hydrogens (tertiary/aromatic N) is 1. The fraction of sp³-hybridized carbons (Fsp3) is 0.545. The quantitative estimate of drug-likeness (QED) is 0.652. The smallest absolute Gasteiger partial charge is 0.257 e. The third-order valence-corrected chi connectivity index (χ3v) is 1.98. The summed E-state index contributed by atoms with van der Waals surface area (Å²) in [7, 11) is 0. The molecule has 0 fully saturated rings. The second-order valence-corrected chi connectivity index (χ2v) is 3.80. The first-order chi connectivity index (χ1) is 5.61. The summed E-state index contributed by atoms with van der Waals surface area (Å²) in [6, 6.07) is 6.28. The summed E-state index contributed by atoms with van der Waals surface area (Å²) in [6.07, 6.45) is 0. The van der Waals surface area contributed by atoms with Crippen LogP contribution in [0.3, 0.4) is 0 Å². The second-order valence-electron chi connectivity index (χ2n) is 3.80. The van der Waals surface area contributed by atoms with Crippen molar-refractivity contribution in [3.63, 3.8) is 0 Å². The molecule has 0 aromatic carbocycles. The molecule has 1 nitrogen and oxygen atoms in total. The molecule has 0 aliphatic carbocycles. The zero-order valence-electron chi connectivity index (χ0n) is 9.33. The lowest BCUT2D eigenvalue weighted by Crippen LogP contribution is -1.98. The SMILES string of the molecule is CC(C)c1cccc(C(C)C)n1.[H+]. The van der Waals surface area contributed by atoms with E-state index in [1.54, 1.807) is 0 Å². The van der Waals surface area contributed by atoms with Gasteiger partial charge in [0.15, 0.2) is 0 Å². The molecule has 1 heterocycles. The van der Waals surface area contributed by atoms with Crippen molar-refractivity contribution in [3.8, 4) is 0 Å². The van der Waals surface area contributed by atoms with Crippen LogP contribution >= 0.6 is 0 Å². The van der Waals surface area contributed by atoms with Crippen LogP contribution in [0.15, 0.2) is 18.2 Å². The molecule has 1 aromatic heterocycles. The van der Waals surface area contributed by atoms with Gasteiger partial charge in [-0.05, 0) is 24.0 Å². The Morgan fingerprint density at radius 1 is 1.00 bits per heavy atom. The van der Waals surface area contributed by atoms with Crippen molar-refractivity contribution in [1.82, 2.24) is 4.98 Å². The van der Waals surface area contributed by atoms with E-state index in [0.717, 1.165) is 0 Å². The Labute approximate surface area is 76.3 Å². The number of aromatic nitrogens is 1. The van der Waals surface area contributed by atoms with Gasteiger partial charge in [-0.3, -0.25) is 4.98 Å². The van der Waals surface area contributed by atoms with Crippen LogP contribution < -0.4 is 0 Å². The maximum absolute atomic E-state index is 4.57. The molecule has 0 aliphatic rings. The van der Waals surface area contributed by atoms with Crippen molar-refractivity contribution in [2.45, 2.75) is 39.5 Å². The Hall–Kier alpha value is -0.850. The predicted octanol–water partition coefficient (Wildman–Crippen LogP) is 3.44. The fourth-order valence-electron chi connectivity index (χ4n) is 1.11. The van der Waals surface area contributed by atoms with E-state index in [-0.39, 0.29) is 1.43 Å². The molecule has 1 aromatic rings. The van der Waals surface area contributed by atoms with Gasteiger partial charge in [0.1, 0.15) is 0 Å². The molecule has 0 aliphatic heterocycles. The van der Waals surface area contributed by atoms with Crippen LogP contribution in [0.4, 0.5) is 0 Å².